The fourth-order valence-corrected chi connectivity index (χ4v) is 1.89. The normalized spacial score (nSPS) is 46.4. The van der Waals surface area contributed by atoms with E-state index >= 15 is 0 Å². The van der Waals surface area contributed by atoms with Crippen LogP contribution in [0.3, 0.4) is 0 Å². The summed E-state index contributed by atoms with van der Waals surface area (Å²) in [6.07, 6.45) is -3.55. The Morgan fingerprint density at radius 1 is 1.38 bits per heavy atom. The number of hydrogen-bond acceptors (Lipinski definition) is 5. The Balaban J connectivity index is 2.66. The first-order valence-electron chi connectivity index (χ1n) is 3.91. The zero-order valence-electron chi connectivity index (χ0n) is 7.13. The zero-order chi connectivity index (χ0) is 10.0. The van der Waals surface area contributed by atoms with E-state index in [2.05, 4.69) is 15.9 Å². The van der Waals surface area contributed by atoms with Crippen LogP contribution in [0.1, 0.15) is 0 Å². The van der Waals surface area contributed by atoms with Gasteiger partial charge in [0, 0.05) is 7.11 Å². The molecule has 6 heteroatoms. The third kappa shape index (κ3) is 2.20. The zero-order valence-corrected chi connectivity index (χ0v) is 8.72. The SMILES string of the molecule is COC1O[C@H](CO)[C@@H](O)[C@H](O)C1Br. The largest absolute Gasteiger partial charge is 0.394 e. The van der Waals surface area contributed by atoms with Gasteiger partial charge >= 0.3 is 0 Å². The Kier molecular flexibility index (Phi) is 4.08. The summed E-state index contributed by atoms with van der Waals surface area (Å²) in [4.78, 5) is -0.490. The summed E-state index contributed by atoms with van der Waals surface area (Å²) in [5.41, 5.74) is 0. The number of hydrogen-bond donors (Lipinski definition) is 3. The molecule has 5 atom stereocenters. The molecule has 1 heterocycles. The van der Waals surface area contributed by atoms with Crippen LogP contribution in [0.5, 0.6) is 0 Å². The van der Waals surface area contributed by atoms with Crippen molar-refractivity contribution in [2.75, 3.05) is 13.7 Å². The average Bonchev–Trinajstić information content (AvgIpc) is 2.15. The second-order valence-corrected chi connectivity index (χ2v) is 3.94. The van der Waals surface area contributed by atoms with Gasteiger partial charge in [-0.25, -0.2) is 0 Å². The molecule has 5 nitrogen and oxygen atoms in total. The van der Waals surface area contributed by atoms with Gasteiger partial charge in [-0.15, -0.1) is 0 Å². The summed E-state index contributed by atoms with van der Waals surface area (Å²) in [5, 5.41) is 27.7. The van der Waals surface area contributed by atoms with E-state index < -0.39 is 29.4 Å². The smallest absolute Gasteiger partial charge is 0.172 e. The second kappa shape index (κ2) is 4.68. The predicted molar refractivity (Wildman–Crippen MR) is 47.5 cm³/mol. The van der Waals surface area contributed by atoms with Crippen LogP contribution in [0.25, 0.3) is 0 Å². The Morgan fingerprint density at radius 3 is 2.46 bits per heavy atom. The number of halogens is 1. The Morgan fingerprint density at radius 2 is 2.00 bits per heavy atom. The highest BCUT2D eigenvalue weighted by atomic mass is 79.9. The summed E-state index contributed by atoms with van der Waals surface area (Å²) >= 11 is 3.14. The molecule has 13 heavy (non-hydrogen) atoms. The number of aliphatic hydroxyl groups is 3. The molecule has 1 aliphatic heterocycles. The summed E-state index contributed by atoms with van der Waals surface area (Å²) in [7, 11) is 1.43. The quantitative estimate of drug-likeness (QED) is 0.543. The molecule has 0 amide bonds. The van der Waals surface area contributed by atoms with Crippen molar-refractivity contribution in [1.29, 1.82) is 0 Å². The van der Waals surface area contributed by atoms with Crippen LogP contribution in [-0.2, 0) is 9.47 Å². The number of aliphatic hydroxyl groups excluding tert-OH is 3. The van der Waals surface area contributed by atoms with Gasteiger partial charge in [0.15, 0.2) is 6.29 Å². The van der Waals surface area contributed by atoms with Crippen molar-refractivity contribution in [1.82, 2.24) is 0 Å². The molecule has 1 saturated heterocycles. The van der Waals surface area contributed by atoms with Crippen LogP contribution in [0.15, 0.2) is 0 Å². The third-order valence-corrected chi connectivity index (χ3v) is 3.01. The number of rotatable bonds is 2. The molecule has 2 unspecified atom stereocenters. The Bertz CT molecular complexity index is 147. The minimum absolute atomic E-state index is 0.349. The van der Waals surface area contributed by atoms with Crippen LogP contribution >= 0.6 is 15.9 Å². The highest BCUT2D eigenvalue weighted by molar-refractivity contribution is 9.09. The van der Waals surface area contributed by atoms with Gasteiger partial charge in [-0.2, -0.15) is 0 Å². The first-order chi connectivity index (χ1) is 6.11. The molecule has 0 radical (unpaired) electrons. The van der Waals surface area contributed by atoms with Crippen molar-refractivity contribution in [3.63, 3.8) is 0 Å². The van der Waals surface area contributed by atoms with E-state index in [4.69, 9.17) is 14.6 Å². The molecule has 1 rings (SSSR count). The molecule has 0 bridgehead atoms. The van der Waals surface area contributed by atoms with Gasteiger partial charge in [0.25, 0.3) is 0 Å². The van der Waals surface area contributed by atoms with Crippen molar-refractivity contribution >= 4 is 15.9 Å². The van der Waals surface area contributed by atoms with E-state index in [-0.39, 0.29) is 6.61 Å². The third-order valence-electron chi connectivity index (χ3n) is 2.04. The van der Waals surface area contributed by atoms with E-state index in [9.17, 15) is 10.2 Å². The lowest BCUT2D eigenvalue weighted by atomic mass is 10.0. The lowest BCUT2D eigenvalue weighted by Crippen LogP contribution is -2.56. The summed E-state index contributed by atoms with van der Waals surface area (Å²) < 4.78 is 10.1. The first-order valence-corrected chi connectivity index (χ1v) is 4.82. The summed E-state index contributed by atoms with van der Waals surface area (Å²) in [6, 6.07) is 0. The van der Waals surface area contributed by atoms with Crippen molar-refractivity contribution in [2.24, 2.45) is 0 Å². The summed E-state index contributed by atoms with van der Waals surface area (Å²) in [6.45, 7) is -0.349. The molecule has 0 aromatic rings. The first kappa shape index (κ1) is 11.4. The number of ether oxygens (including phenoxy) is 2. The number of methoxy groups -OCH3 is 1. The number of alkyl halides is 1. The maximum absolute atomic E-state index is 9.48. The van der Waals surface area contributed by atoms with Gasteiger partial charge in [-0.05, 0) is 0 Å². The van der Waals surface area contributed by atoms with E-state index in [1.807, 2.05) is 0 Å². The van der Waals surface area contributed by atoms with Gasteiger partial charge in [0.05, 0.1) is 17.5 Å². The lowest BCUT2D eigenvalue weighted by molar-refractivity contribution is -0.243. The topological polar surface area (TPSA) is 79.2 Å². The van der Waals surface area contributed by atoms with Gasteiger partial charge in [-0.3, -0.25) is 0 Å². The molecule has 0 aromatic heterocycles. The predicted octanol–water partition coefficient (Wildman–Crippen LogP) is -1.16. The molecule has 3 N–H and O–H groups in total. The van der Waals surface area contributed by atoms with E-state index in [1.165, 1.54) is 7.11 Å². The maximum Gasteiger partial charge on any atom is 0.172 e. The van der Waals surface area contributed by atoms with Crippen molar-refractivity contribution in [2.45, 2.75) is 29.4 Å². The standard InChI is InChI=1S/C7H13BrO5/c1-12-7-4(8)6(11)5(10)3(2-9)13-7/h3-7,9-11H,2H2,1H3/t3-,4?,5-,6-,7?/m1/s1. The van der Waals surface area contributed by atoms with E-state index in [0.29, 0.717) is 0 Å². The van der Waals surface area contributed by atoms with Gasteiger partial charge in [0.2, 0.25) is 0 Å². The summed E-state index contributed by atoms with van der Waals surface area (Å²) in [5.74, 6) is 0. The van der Waals surface area contributed by atoms with E-state index in [1.54, 1.807) is 0 Å². The van der Waals surface area contributed by atoms with Crippen LogP contribution in [-0.4, -0.2) is 58.5 Å². The van der Waals surface area contributed by atoms with Crippen molar-refractivity contribution in [3.8, 4) is 0 Å². The monoisotopic (exact) mass is 256 g/mol. The lowest BCUT2D eigenvalue weighted by Gasteiger charge is -2.39. The molecule has 0 aromatic carbocycles. The molecule has 0 spiro atoms. The highest BCUT2D eigenvalue weighted by Gasteiger charge is 2.43. The molecular formula is C7H13BrO5. The second-order valence-electron chi connectivity index (χ2n) is 2.89. The molecule has 1 aliphatic rings. The average molecular weight is 257 g/mol. The fraction of sp³-hybridized carbons (Fsp3) is 1.00. The fourth-order valence-electron chi connectivity index (χ4n) is 1.23. The van der Waals surface area contributed by atoms with E-state index in [0.717, 1.165) is 0 Å². The van der Waals surface area contributed by atoms with Crippen LogP contribution in [0.2, 0.25) is 0 Å². The minimum atomic E-state index is -1.10. The van der Waals surface area contributed by atoms with Gasteiger partial charge in [-0.1, -0.05) is 15.9 Å². The highest BCUT2D eigenvalue weighted by Crippen LogP contribution is 2.26. The van der Waals surface area contributed by atoms with Gasteiger partial charge < -0.3 is 24.8 Å². The van der Waals surface area contributed by atoms with Crippen LogP contribution < -0.4 is 0 Å². The molecule has 78 valence electrons. The van der Waals surface area contributed by atoms with Crippen molar-refractivity contribution < 1.29 is 24.8 Å². The molecule has 0 aliphatic carbocycles. The van der Waals surface area contributed by atoms with Crippen LogP contribution in [0, 0.1) is 0 Å². The molecular weight excluding hydrogens is 244 g/mol. The van der Waals surface area contributed by atoms with Crippen molar-refractivity contribution in [3.05, 3.63) is 0 Å². The molecule has 1 fully saturated rings. The Labute approximate surface area is 84.4 Å². The van der Waals surface area contributed by atoms with Crippen LogP contribution in [0.4, 0.5) is 0 Å². The van der Waals surface area contributed by atoms with Gasteiger partial charge in [0.1, 0.15) is 12.2 Å². The minimum Gasteiger partial charge on any atom is -0.394 e. The Hall–Kier alpha value is 0.280. The molecule has 0 saturated carbocycles. The maximum atomic E-state index is 9.48.